The normalized spacial score (nSPS) is 24.0. The maximum atomic E-state index is 6.62. The lowest BCUT2D eigenvalue weighted by atomic mass is 9.94. The van der Waals surface area contributed by atoms with Gasteiger partial charge in [0.15, 0.2) is 0 Å². The minimum absolute atomic E-state index is 0.208. The molecule has 0 amide bonds. The topological polar surface area (TPSA) is 49.8 Å². The van der Waals surface area contributed by atoms with Crippen LogP contribution in [-0.4, -0.2) is 29.4 Å². The Labute approximate surface area is 216 Å². The standard InChI is InChI=1S/C30H31NO4S/c1-22-26(32-19-23-11-5-2-6-12-23)27(33-20-24-13-7-3-8-14-24)28(29(35-22)30-31-17-18-36-30)34-21-25-15-9-4-10-16-25/h2-18,22,26-29H,19-21H2,1H3/t22-,26+,27+,28-,29-/m0/s1. The number of hydrogen-bond acceptors (Lipinski definition) is 6. The summed E-state index contributed by atoms with van der Waals surface area (Å²) in [4.78, 5) is 4.57. The average molecular weight is 502 g/mol. The van der Waals surface area contributed by atoms with Gasteiger partial charge in [0.25, 0.3) is 0 Å². The third-order valence-electron chi connectivity index (χ3n) is 6.32. The van der Waals surface area contributed by atoms with Crippen molar-refractivity contribution in [2.75, 3.05) is 0 Å². The fourth-order valence-electron chi connectivity index (χ4n) is 4.49. The number of aromatic nitrogens is 1. The van der Waals surface area contributed by atoms with Crippen LogP contribution in [0.3, 0.4) is 0 Å². The summed E-state index contributed by atoms with van der Waals surface area (Å²) in [6, 6.07) is 30.6. The second-order valence-corrected chi connectivity index (χ2v) is 9.84. The number of hydrogen-bond donors (Lipinski definition) is 0. The van der Waals surface area contributed by atoms with Gasteiger partial charge in [-0.1, -0.05) is 91.0 Å². The summed E-state index contributed by atoms with van der Waals surface area (Å²) in [6.45, 7) is 3.42. The highest BCUT2D eigenvalue weighted by molar-refractivity contribution is 7.09. The first kappa shape index (κ1) is 24.8. The highest BCUT2D eigenvalue weighted by Crippen LogP contribution is 2.38. The molecule has 5 rings (SSSR count). The van der Waals surface area contributed by atoms with E-state index in [1.807, 2.05) is 66.9 Å². The molecule has 0 unspecified atom stereocenters. The van der Waals surface area contributed by atoms with Gasteiger partial charge in [0.2, 0.25) is 0 Å². The van der Waals surface area contributed by atoms with Gasteiger partial charge in [-0.2, -0.15) is 0 Å². The van der Waals surface area contributed by atoms with Crippen molar-refractivity contribution in [3.8, 4) is 0 Å². The van der Waals surface area contributed by atoms with Gasteiger partial charge in [0.1, 0.15) is 29.4 Å². The molecular formula is C30H31NO4S. The van der Waals surface area contributed by atoms with Gasteiger partial charge in [-0.05, 0) is 23.6 Å². The first-order valence-corrected chi connectivity index (χ1v) is 13.2. The summed E-state index contributed by atoms with van der Waals surface area (Å²) in [6.07, 6.45) is 0.194. The van der Waals surface area contributed by atoms with Crippen LogP contribution >= 0.6 is 11.3 Å². The molecule has 36 heavy (non-hydrogen) atoms. The lowest BCUT2D eigenvalue weighted by molar-refractivity contribution is -0.263. The van der Waals surface area contributed by atoms with Crippen LogP contribution in [0, 0.1) is 0 Å². The van der Waals surface area contributed by atoms with Crippen molar-refractivity contribution in [2.24, 2.45) is 0 Å². The minimum Gasteiger partial charge on any atom is -0.368 e. The van der Waals surface area contributed by atoms with Crippen molar-refractivity contribution in [1.29, 1.82) is 0 Å². The van der Waals surface area contributed by atoms with Crippen molar-refractivity contribution in [3.05, 3.63) is 124 Å². The predicted molar refractivity (Wildman–Crippen MR) is 140 cm³/mol. The van der Waals surface area contributed by atoms with Gasteiger partial charge >= 0.3 is 0 Å². The lowest BCUT2D eigenvalue weighted by Crippen LogP contribution is -2.56. The van der Waals surface area contributed by atoms with Crippen molar-refractivity contribution >= 4 is 11.3 Å². The van der Waals surface area contributed by atoms with Crippen LogP contribution in [0.1, 0.15) is 34.7 Å². The van der Waals surface area contributed by atoms with E-state index in [2.05, 4.69) is 41.4 Å². The lowest BCUT2D eigenvalue weighted by Gasteiger charge is -2.45. The molecule has 0 saturated carbocycles. The molecule has 4 aromatic rings. The Kier molecular flexibility index (Phi) is 8.54. The third kappa shape index (κ3) is 6.27. The predicted octanol–water partition coefficient (Wildman–Crippen LogP) is 6.36. The van der Waals surface area contributed by atoms with E-state index in [-0.39, 0.29) is 24.4 Å². The van der Waals surface area contributed by atoms with Gasteiger partial charge < -0.3 is 18.9 Å². The first-order valence-electron chi connectivity index (χ1n) is 12.3. The molecule has 0 aliphatic carbocycles. The minimum atomic E-state index is -0.392. The van der Waals surface area contributed by atoms with Crippen LogP contribution in [0.25, 0.3) is 0 Å². The van der Waals surface area contributed by atoms with Crippen LogP contribution < -0.4 is 0 Å². The summed E-state index contributed by atoms with van der Waals surface area (Å²) in [5.74, 6) is 0. The molecule has 186 valence electrons. The van der Waals surface area contributed by atoms with Crippen molar-refractivity contribution in [1.82, 2.24) is 4.98 Å². The van der Waals surface area contributed by atoms with Crippen LogP contribution in [-0.2, 0) is 38.8 Å². The van der Waals surface area contributed by atoms with Crippen LogP contribution in [0.5, 0.6) is 0 Å². The number of benzene rings is 3. The Hall–Kier alpha value is -2.87. The van der Waals surface area contributed by atoms with E-state index in [0.717, 1.165) is 21.7 Å². The Balaban J connectivity index is 1.42. The quantitative estimate of drug-likeness (QED) is 0.253. The molecule has 0 N–H and O–H groups in total. The van der Waals surface area contributed by atoms with Gasteiger partial charge in [-0.25, -0.2) is 4.98 Å². The van der Waals surface area contributed by atoms with E-state index in [1.165, 1.54) is 0 Å². The molecule has 0 radical (unpaired) electrons. The summed E-state index contributed by atoms with van der Waals surface area (Å²) in [7, 11) is 0. The SMILES string of the molecule is C[C@@H]1O[C@H](c2nccs2)[C@@H](OCc2ccccc2)[C@H](OCc2ccccc2)[C@@H]1OCc1ccccc1. The largest absolute Gasteiger partial charge is 0.368 e. The van der Waals surface area contributed by atoms with Gasteiger partial charge in [-0.15, -0.1) is 11.3 Å². The van der Waals surface area contributed by atoms with Crippen LogP contribution in [0.4, 0.5) is 0 Å². The number of rotatable bonds is 10. The second kappa shape index (κ2) is 12.4. The monoisotopic (exact) mass is 501 g/mol. The third-order valence-corrected chi connectivity index (χ3v) is 7.16. The van der Waals surface area contributed by atoms with Crippen molar-refractivity contribution in [2.45, 2.75) is 57.3 Å². The molecule has 0 spiro atoms. The fourth-order valence-corrected chi connectivity index (χ4v) is 5.20. The van der Waals surface area contributed by atoms with Gasteiger partial charge in [0.05, 0.1) is 25.9 Å². The van der Waals surface area contributed by atoms with E-state index in [4.69, 9.17) is 18.9 Å². The Morgan fingerprint density at radius 2 is 1.14 bits per heavy atom. The Morgan fingerprint density at radius 3 is 1.61 bits per heavy atom. The zero-order valence-electron chi connectivity index (χ0n) is 20.3. The molecule has 2 heterocycles. The van der Waals surface area contributed by atoms with Crippen LogP contribution in [0.15, 0.2) is 103 Å². The maximum absolute atomic E-state index is 6.62. The first-order chi connectivity index (χ1) is 17.8. The molecule has 1 aromatic heterocycles. The highest BCUT2D eigenvalue weighted by Gasteiger charge is 2.48. The molecule has 1 saturated heterocycles. The molecular weight excluding hydrogens is 470 g/mol. The molecule has 1 fully saturated rings. The zero-order chi connectivity index (χ0) is 24.6. The molecule has 6 heteroatoms. The summed E-state index contributed by atoms with van der Waals surface area (Å²) in [5, 5.41) is 2.85. The maximum Gasteiger partial charge on any atom is 0.138 e. The van der Waals surface area contributed by atoms with E-state index >= 15 is 0 Å². The molecule has 1 aliphatic rings. The smallest absolute Gasteiger partial charge is 0.138 e. The van der Waals surface area contributed by atoms with E-state index in [0.29, 0.717) is 19.8 Å². The number of thiazole rings is 1. The summed E-state index contributed by atoms with van der Waals surface area (Å²) >= 11 is 1.57. The van der Waals surface area contributed by atoms with Gasteiger partial charge in [0, 0.05) is 11.6 Å². The Bertz CT molecular complexity index is 1160. The summed E-state index contributed by atoms with van der Waals surface area (Å²) in [5.41, 5.74) is 3.30. The number of nitrogens with zero attached hydrogens (tertiary/aromatic N) is 1. The van der Waals surface area contributed by atoms with E-state index < -0.39 is 6.10 Å². The zero-order valence-corrected chi connectivity index (χ0v) is 21.1. The molecule has 0 bridgehead atoms. The Morgan fingerprint density at radius 1 is 0.667 bits per heavy atom. The average Bonchev–Trinajstić information content (AvgIpc) is 3.47. The van der Waals surface area contributed by atoms with Gasteiger partial charge in [-0.3, -0.25) is 0 Å². The second-order valence-electron chi connectivity index (χ2n) is 8.92. The van der Waals surface area contributed by atoms with Crippen molar-refractivity contribution < 1.29 is 18.9 Å². The van der Waals surface area contributed by atoms with E-state index in [9.17, 15) is 0 Å². The molecule has 1 aliphatic heterocycles. The molecule has 3 aromatic carbocycles. The molecule has 5 atom stereocenters. The highest BCUT2D eigenvalue weighted by atomic mass is 32.1. The van der Waals surface area contributed by atoms with E-state index in [1.54, 1.807) is 17.5 Å². The van der Waals surface area contributed by atoms with Crippen molar-refractivity contribution in [3.63, 3.8) is 0 Å². The number of ether oxygens (including phenoxy) is 4. The molecule has 5 nitrogen and oxygen atoms in total. The van der Waals surface area contributed by atoms with Crippen LogP contribution in [0.2, 0.25) is 0 Å². The summed E-state index contributed by atoms with van der Waals surface area (Å²) < 4.78 is 26.2. The fraction of sp³-hybridized carbons (Fsp3) is 0.300.